The second kappa shape index (κ2) is 7.66. The van der Waals surface area contributed by atoms with Crippen molar-refractivity contribution < 1.29 is 4.79 Å². The summed E-state index contributed by atoms with van der Waals surface area (Å²) >= 11 is 0. The molecule has 0 saturated carbocycles. The van der Waals surface area contributed by atoms with Gasteiger partial charge < -0.3 is 4.90 Å². The van der Waals surface area contributed by atoms with Gasteiger partial charge in [0.1, 0.15) is 0 Å². The highest BCUT2D eigenvalue weighted by Gasteiger charge is 2.23. The molecule has 0 N–H and O–H groups in total. The van der Waals surface area contributed by atoms with Crippen molar-refractivity contribution in [2.75, 3.05) is 26.2 Å². The summed E-state index contributed by atoms with van der Waals surface area (Å²) in [7, 11) is 0. The van der Waals surface area contributed by atoms with E-state index in [2.05, 4.69) is 18.7 Å². The third-order valence-corrected chi connectivity index (χ3v) is 2.85. The normalized spacial score (nSPS) is 17.4. The Kier molecular flexibility index (Phi) is 7.39. The van der Waals surface area contributed by atoms with Crippen molar-refractivity contribution >= 4 is 5.91 Å². The second-order valence-corrected chi connectivity index (χ2v) is 4.61. The third-order valence-electron chi connectivity index (χ3n) is 2.85. The number of hydrogen-bond acceptors (Lipinski definition) is 2. The van der Waals surface area contributed by atoms with E-state index in [-0.39, 0.29) is 5.92 Å². The lowest BCUT2D eigenvalue weighted by Crippen LogP contribution is -2.51. The van der Waals surface area contributed by atoms with E-state index in [1.54, 1.807) is 0 Å². The van der Waals surface area contributed by atoms with Crippen LogP contribution in [0.1, 0.15) is 41.5 Å². The lowest BCUT2D eigenvalue weighted by molar-refractivity contribution is -0.136. The predicted molar refractivity (Wildman–Crippen MR) is 69.5 cm³/mol. The molecule has 0 aromatic carbocycles. The number of nitrogens with zero attached hydrogens (tertiary/aromatic N) is 2. The van der Waals surface area contributed by atoms with Gasteiger partial charge in [0.15, 0.2) is 0 Å². The molecule has 0 aromatic heterocycles. The molecule has 0 radical (unpaired) electrons. The fraction of sp³-hybridized carbons (Fsp3) is 0.923. The maximum atomic E-state index is 11.7. The summed E-state index contributed by atoms with van der Waals surface area (Å²) in [6, 6.07) is 0.603. The average Bonchev–Trinajstić information content (AvgIpc) is 2.30. The van der Waals surface area contributed by atoms with Crippen LogP contribution in [-0.4, -0.2) is 47.9 Å². The van der Waals surface area contributed by atoms with Crippen LogP contribution in [0.25, 0.3) is 0 Å². The fourth-order valence-electron chi connectivity index (χ4n) is 1.82. The molecule has 1 fully saturated rings. The lowest BCUT2D eigenvalue weighted by atomic mass is 10.1. The largest absolute Gasteiger partial charge is 0.340 e. The molecule has 0 aliphatic carbocycles. The summed E-state index contributed by atoms with van der Waals surface area (Å²) in [4.78, 5) is 16.1. The van der Waals surface area contributed by atoms with Gasteiger partial charge in [-0.3, -0.25) is 9.69 Å². The van der Waals surface area contributed by atoms with Crippen LogP contribution < -0.4 is 0 Å². The lowest BCUT2D eigenvalue weighted by Gasteiger charge is -2.37. The van der Waals surface area contributed by atoms with Crippen LogP contribution in [0.4, 0.5) is 0 Å². The van der Waals surface area contributed by atoms with Gasteiger partial charge in [0, 0.05) is 38.1 Å². The van der Waals surface area contributed by atoms with Crippen molar-refractivity contribution in [3.63, 3.8) is 0 Å². The molecular formula is C13H28N2O. The van der Waals surface area contributed by atoms with E-state index in [0.717, 1.165) is 26.2 Å². The predicted octanol–water partition coefficient (Wildman–Crippen LogP) is 2.22. The highest BCUT2D eigenvalue weighted by atomic mass is 16.2. The standard InChI is InChI=1S/C11H22N2O.C2H6/c1-9(2)11(14)13-7-5-12(6-8-13)10(3)4;1-2/h9-10H,5-8H2,1-4H3;1-2H3. The first-order chi connectivity index (χ1) is 7.52. The minimum atomic E-state index is 0.139. The van der Waals surface area contributed by atoms with Crippen molar-refractivity contribution in [1.29, 1.82) is 0 Å². The number of rotatable bonds is 2. The molecule has 1 aliphatic rings. The average molecular weight is 228 g/mol. The van der Waals surface area contributed by atoms with Crippen molar-refractivity contribution in [1.82, 2.24) is 9.80 Å². The summed E-state index contributed by atoms with van der Waals surface area (Å²) in [6.45, 7) is 16.2. The minimum absolute atomic E-state index is 0.139. The van der Waals surface area contributed by atoms with Crippen LogP contribution in [-0.2, 0) is 4.79 Å². The molecule has 0 bridgehead atoms. The van der Waals surface area contributed by atoms with Crippen LogP contribution in [0.5, 0.6) is 0 Å². The van der Waals surface area contributed by atoms with Crippen LogP contribution in [0.2, 0.25) is 0 Å². The number of piperazine rings is 1. The van der Waals surface area contributed by atoms with E-state index in [1.165, 1.54) is 0 Å². The molecule has 1 rings (SSSR count). The molecule has 3 nitrogen and oxygen atoms in total. The molecule has 0 unspecified atom stereocenters. The molecule has 0 spiro atoms. The fourth-order valence-corrected chi connectivity index (χ4v) is 1.82. The summed E-state index contributed by atoms with van der Waals surface area (Å²) in [5.74, 6) is 0.439. The third kappa shape index (κ3) is 4.52. The number of carbonyl (C=O) groups is 1. The molecule has 0 aromatic rings. The van der Waals surface area contributed by atoms with Gasteiger partial charge in [-0.05, 0) is 13.8 Å². The van der Waals surface area contributed by atoms with Crippen LogP contribution in [0.15, 0.2) is 0 Å². The van der Waals surface area contributed by atoms with Crippen LogP contribution in [0.3, 0.4) is 0 Å². The maximum absolute atomic E-state index is 11.7. The molecule has 3 heteroatoms. The van der Waals surface area contributed by atoms with Gasteiger partial charge in [-0.15, -0.1) is 0 Å². The first kappa shape index (κ1) is 15.4. The molecule has 1 aliphatic heterocycles. The van der Waals surface area contributed by atoms with E-state index in [0.29, 0.717) is 11.9 Å². The zero-order chi connectivity index (χ0) is 12.7. The number of carbonyl (C=O) groups excluding carboxylic acids is 1. The Bertz CT molecular complexity index is 194. The topological polar surface area (TPSA) is 23.6 Å². The molecule has 1 heterocycles. The number of hydrogen-bond donors (Lipinski definition) is 0. The van der Waals surface area contributed by atoms with Crippen LogP contribution >= 0.6 is 0 Å². The van der Waals surface area contributed by atoms with E-state index in [1.807, 2.05) is 32.6 Å². The summed E-state index contributed by atoms with van der Waals surface area (Å²) in [5, 5.41) is 0. The van der Waals surface area contributed by atoms with Gasteiger partial charge in [0.2, 0.25) is 5.91 Å². The zero-order valence-corrected chi connectivity index (χ0v) is 11.8. The first-order valence-corrected chi connectivity index (χ1v) is 6.55. The highest BCUT2D eigenvalue weighted by Crippen LogP contribution is 2.08. The van der Waals surface area contributed by atoms with Gasteiger partial charge in [-0.2, -0.15) is 0 Å². The Morgan fingerprint density at radius 1 is 0.938 bits per heavy atom. The van der Waals surface area contributed by atoms with E-state index < -0.39 is 0 Å². The van der Waals surface area contributed by atoms with Gasteiger partial charge in [-0.25, -0.2) is 0 Å². The maximum Gasteiger partial charge on any atom is 0.225 e. The van der Waals surface area contributed by atoms with Crippen molar-refractivity contribution in [2.24, 2.45) is 5.92 Å². The zero-order valence-electron chi connectivity index (χ0n) is 11.8. The molecule has 1 saturated heterocycles. The quantitative estimate of drug-likeness (QED) is 0.723. The summed E-state index contributed by atoms with van der Waals surface area (Å²) < 4.78 is 0. The smallest absolute Gasteiger partial charge is 0.225 e. The SMILES string of the molecule is CC.CC(C)C(=O)N1CCN(C(C)C)CC1. The van der Waals surface area contributed by atoms with Gasteiger partial charge in [0.05, 0.1) is 0 Å². The monoisotopic (exact) mass is 228 g/mol. The van der Waals surface area contributed by atoms with Crippen molar-refractivity contribution in [3.8, 4) is 0 Å². The molecule has 16 heavy (non-hydrogen) atoms. The van der Waals surface area contributed by atoms with E-state index in [9.17, 15) is 4.79 Å². The summed E-state index contributed by atoms with van der Waals surface area (Å²) in [6.07, 6.45) is 0. The Morgan fingerprint density at radius 3 is 1.69 bits per heavy atom. The van der Waals surface area contributed by atoms with Gasteiger partial charge in [-0.1, -0.05) is 27.7 Å². The second-order valence-electron chi connectivity index (χ2n) is 4.61. The number of amides is 1. The van der Waals surface area contributed by atoms with Crippen LogP contribution in [0, 0.1) is 5.92 Å². The molecule has 1 amide bonds. The van der Waals surface area contributed by atoms with Crippen molar-refractivity contribution in [3.05, 3.63) is 0 Å². The van der Waals surface area contributed by atoms with E-state index in [4.69, 9.17) is 0 Å². The Morgan fingerprint density at radius 2 is 1.38 bits per heavy atom. The van der Waals surface area contributed by atoms with E-state index >= 15 is 0 Å². The Balaban J connectivity index is 0.00000106. The van der Waals surface area contributed by atoms with Crippen molar-refractivity contribution in [2.45, 2.75) is 47.6 Å². The minimum Gasteiger partial charge on any atom is -0.340 e. The van der Waals surface area contributed by atoms with Gasteiger partial charge >= 0.3 is 0 Å². The Labute approximate surface area is 101 Å². The molecule has 96 valence electrons. The molecule has 0 atom stereocenters. The highest BCUT2D eigenvalue weighted by molar-refractivity contribution is 5.78. The first-order valence-electron chi connectivity index (χ1n) is 6.55. The molecular weight excluding hydrogens is 200 g/mol. The van der Waals surface area contributed by atoms with Gasteiger partial charge in [0.25, 0.3) is 0 Å². The summed E-state index contributed by atoms with van der Waals surface area (Å²) in [5.41, 5.74) is 0. The Hall–Kier alpha value is -0.570.